The molecule has 1 aromatic rings. The van der Waals surface area contributed by atoms with E-state index in [0.717, 1.165) is 18.9 Å². The Kier molecular flexibility index (Phi) is 5.21. The van der Waals surface area contributed by atoms with Crippen molar-refractivity contribution in [2.75, 3.05) is 13.1 Å². The molecule has 6 heteroatoms. The number of nitrogens with two attached hydrogens (primary N) is 1. The van der Waals surface area contributed by atoms with Crippen LogP contribution < -0.4 is 5.73 Å². The van der Waals surface area contributed by atoms with Gasteiger partial charge in [-0.3, -0.25) is 4.90 Å². The fourth-order valence-corrected chi connectivity index (χ4v) is 1.28. The van der Waals surface area contributed by atoms with Crippen molar-refractivity contribution < 1.29 is 5.21 Å². The number of hydrogen-bond donors (Lipinski definition) is 2. The topological polar surface area (TPSA) is 87.6 Å². The van der Waals surface area contributed by atoms with Crippen molar-refractivity contribution in [1.82, 2.24) is 14.9 Å². The maximum Gasteiger partial charge on any atom is 0.142 e. The van der Waals surface area contributed by atoms with Crippen LogP contribution in [0.3, 0.4) is 0 Å². The average molecular weight is 223 g/mol. The molecular formula is C10H17N5O. The summed E-state index contributed by atoms with van der Waals surface area (Å²) >= 11 is 0. The van der Waals surface area contributed by atoms with Crippen molar-refractivity contribution in [2.45, 2.75) is 19.9 Å². The quantitative estimate of drug-likeness (QED) is 0.316. The number of hydrogen-bond acceptors (Lipinski definition) is 5. The molecule has 0 spiro atoms. The highest BCUT2D eigenvalue weighted by molar-refractivity contribution is 5.79. The fourth-order valence-electron chi connectivity index (χ4n) is 1.28. The van der Waals surface area contributed by atoms with Crippen LogP contribution in [0.2, 0.25) is 0 Å². The zero-order chi connectivity index (χ0) is 11.8. The van der Waals surface area contributed by atoms with Gasteiger partial charge in [0.1, 0.15) is 11.7 Å². The summed E-state index contributed by atoms with van der Waals surface area (Å²) in [6, 6.07) is 1.79. The Morgan fingerprint density at radius 3 is 2.75 bits per heavy atom. The van der Waals surface area contributed by atoms with E-state index in [0.29, 0.717) is 13.0 Å². The van der Waals surface area contributed by atoms with Gasteiger partial charge in [0.15, 0.2) is 0 Å². The van der Waals surface area contributed by atoms with E-state index in [4.69, 9.17) is 10.9 Å². The number of amidine groups is 1. The first-order chi connectivity index (χ1) is 7.76. The lowest BCUT2D eigenvalue weighted by atomic mass is 10.3. The maximum atomic E-state index is 8.43. The highest BCUT2D eigenvalue weighted by Gasteiger charge is 2.06. The zero-order valence-electron chi connectivity index (χ0n) is 9.37. The molecule has 0 unspecified atom stereocenters. The van der Waals surface area contributed by atoms with E-state index in [2.05, 4.69) is 26.9 Å². The highest BCUT2D eigenvalue weighted by Crippen LogP contribution is 1.98. The van der Waals surface area contributed by atoms with Crippen LogP contribution in [0.1, 0.15) is 19.2 Å². The summed E-state index contributed by atoms with van der Waals surface area (Å²) in [7, 11) is 0. The van der Waals surface area contributed by atoms with Crippen LogP contribution in [0.25, 0.3) is 0 Å². The van der Waals surface area contributed by atoms with Crippen molar-refractivity contribution >= 4 is 5.84 Å². The maximum absolute atomic E-state index is 8.43. The Hall–Kier alpha value is -1.69. The SMILES string of the molecule is CCN(CCC(N)=NO)Cc1ncccn1. The van der Waals surface area contributed by atoms with Gasteiger partial charge in [-0.05, 0) is 12.6 Å². The minimum Gasteiger partial charge on any atom is -0.409 e. The second kappa shape index (κ2) is 6.73. The second-order valence-electron chi connectivity index (χ2n) is 3.38. The van der Waals surface area contributed by atoms with Gasteiger partial charge in [0.25, 0.3) is 0 Å². The summed E-state index contributed by atoms with van der Waals surface area (Å²) in [5, 5.41) is 11.4. The van der Waals surface area contributed by atoms with Crippen LogP contribution in [0.15, 0.2) is 23.6 Å². The van der Waals surface area contributed by atoms with Crippen molar-refractivity contribution in [3.63, 3.8) is 0 Å². The van der Waals surface area contributed by atoms with Gasteiger partial charge in [-0.25, -0.2) is 9.97 Å². The second-order valence-corrected chi connectivity index (χ2v) is 3.38. The van der Waals surface area contributed by atoms with E-state index in [9.17, 15) is 0 Å². The van der Waals surface area contributed by atoms with Gasteiger partial charge >= 0.3 is 0 Å². The van der Waals surface area contributed by atoms with Crippen molar-refractivity contribution in [1.29, 1.82) is 0 Å². The first-order valence-electron chi connectivity index (χ1n) is 5.21. The van der Waals surface area contributed by atoms with E-state index in [-0.39, 0.29) is 5.84 Å². The van der Waals surface area contributed by atoms with Gasteiger partial charge in [0, 0.05) is 25.4 Å². The van der Waals surface area contributed by atoms with Crippen molar-refractivity contribution in [3.05, 3.63) is 24.3 Å². The molecule has 88 valence electrons. The minimum atomic E-state index is 0.243. The third-order valence-corrected chi connectivity index (χ3v) is 2.24. The molecule has 0 radical (unpaired) electrons. The molecule has 6 nitrogen and oxygen atoms in total. The predicted molar refractivity (Wildman–Crippen MR) is 61.0 cm³/mol. The summed E-state index contributed by atoms with van der Waals surface area (Å²) in [6.07, 6.45) is 3.98. The largest absolute Gasteiger partial charge is 0.409 e. The van der Waals surface area contributed by atoms with Crippen molar-refractivity contribution in [2.24, 2.45) is 10.9 Å². The molecule has 1 heterocycles. The molecule has 3 N–H and O–H groups in total. The monoisotopic (exact) mass is 223 g/mol. The van der Waals surface area contributed by atoms with Gasteiger partial charge in [-0.1, -0.05) is 12.1 Å². The summed E-state index contributed by atoms with van der Waals surface area (Å²) < 4.78 is 0. The molecule has 0 aliphatic carbocycles. The Morgan fingerprint density at radius 2 is 2.19 bits per heavy atom. The van der Waals surface area contributed by atoms with E-state index in [1.165, 1.54) is 0 Å². The number of nitrogens with zero attached hydrogens (tertiary/aromatic N) is 4. The summed E-state index contributed by atoms with van der Waals surface area (Å²) in [5.74, 6) is 1.02. The molecule has 0 aromatic carbocycles. The predicted octanol–water partition coefficient (Wildman–Crippen LogP) is 0.435. The van der Waals surface area contributed by atoms with Gasteiger partial charge in [0.2, 0.25) is 0 Å². The third-order valence-electron chi connectivity index (χ3n) is 2.24. The molecule has 0 bridgehead atoms. The highest BCUT2D eigenvalue weighted by atomic mass is 16.4. The lowest BCUT2D eigenvalue weighted by Crippen LogP contribution is -2.28. The fraction of sp³-hybridized carbons (Fsp3) is 0.500. The number of aromatic nitrogens is 2. The first kappa shape index (κ1) is 12.4. The smallest absolute Gasteiger partial charge is 0.142 e. The molecule has 0 atom stereocenters. The lowest BCUT2D eigenvalue weighted by molar-refractivity contribution is 0.276. The van der Waals surface area contributed by atoms with Crippen LogP contribution in [-0.2, 0) is 6.54 Å². The molecule has 0 aliphatic rings. The Balaban J connectivity index is 2.43. The van der Waals surface area contributed by atoms with E-state index in [1.54, 1.807) is 18.5 Å². The van der Waals surface area contributed by atoms with E-state index >= 15 is 0 Å². The molecule has 0 fully saturated rings. The van der Waals surface area contributed by atoms with Crippen LogP contribution >= 0.6 is 0 Å². The molecule has 0 saturated carbocycles. The standard InChI is InChI=1S/C10H17N5O/c1-2-15(7-4-9(11)14-16)8-10-12-5-3-6-13-10/h3,5-6,16H,2,4,7-8H2,1H3,(H2,11,14). The lowest BCUT2D eigenvalue weighted by Gasteiger charge is -2.18. The van der Waals surface area contributed by atoms with Crippen LogP contribution in [-0.4, -0.2) is 39.0 Å². The number of oxime groups is 1. The van der Waals surface area contributed by atoms with Crippen LogP contribution in [0.4, 0.5) is 0 Å². The normalized spacial score (nSPS) is 12.0. The zero-order valence-corrected chi connectivity index (χ0v) is 9.37. The molecule has 0 aliphatic heterocycles. The molecule has 0 amide bonds. The van der Waals surface area contributed by atoms with Crippen LogP contribution in [0.5, 0.6) is 0 Å². The molecular weight excluding hydrogens is 206 g/mol. The Labute approximate surface area is 94.8 Å². The molecule has 16 heavy (non-hydrogen) atoms. The van der Waals surface area contributed by atoms with E-state index < -0.39 is 0 Å². The first-order valence-corrected chi connectivity index (χ1v) is 5.21. The van der Waals surface area contributed by atoms with Gasteiger partial charge in [0.05, 0.1) is 6.54 Å². The Bertz CT molecular complexity index is 327. The van der Waals surface area contributed by atoms with Gasteiger partial charge < -0.3 is 10.9 Å². The number of rotatable bonds is 6. The van der Waals surface area contributed by atoms with E-state index in [1.807, 2.05) is 0 Å². The van der Waals surface area contributed by atoms with Crippen LogP contribution in [0, 0.1) is 0 Å². The van der Waals surface area contributed by atoms with Crippen molar-refractivity contribution in [3.8, 4) is 0 Å². The van der Waals surface area contributed by atoms with Gasteiger partial charge in [-0.15, -0.1) is 0 Å². The summed E-state index contributed by atoms with van der Waals surface area (Å²) in [4.78, 5) is 10.4. The summed E-state index contributed by atoms with van der Waals surface area (Å²) in [5.41, 5.74) is 5.41. The van der Waals surface area contributed by atoms with Gasteiger partial charge in [-0.2, -0.15) is 0 Å². The Morgan fingerprint density at radius 1 is 1.50 bits per heavy atom. The minimum absolute atomic E-state index is 0.243. The summed E-state index contributed by atoms with van der Waals surface area (Å²) in [6.45, 7) is 4.33. The molecule has 0 saturated heterocycles. The molecule has 1 rings (SSSR count). The average Bonchev–Trinajstić information content (AvgIpc) is 2.35. The third kappa shape index (κ3) is 4.22. The molecule has 1 aromatic heterocycles.